The zero-order valence-corrected chi connectivity index (χ0v) is 29.0. The maximum atomic E-state index is 14.1. The highest BCUT2D eigenvalue weighted by Crippen LogP contribution is 2.57. The SMILES string of the molecule is Cc1ccc(-c2cc3c(s2)=C2C=C4C(=O)N(C)C(=O)c5cc6c7cc(C)sc7c7cc8c9c%10c7c6c(c54)C2C=%10C=3CC=9C(=O)N(C)C8=O)s1. The lowest BCUT2D eigenvalue weighted by molar-refractivity contribution is -0.122. The predicted octanol–water partition coefficient (Wildman–Crippen LogP) is 5.05. The fourth-order valence-corrected chi connectivity index (χ4v) is 12.8. The smallest absolute Gasteiger partial charge is 0.261 e. The highest BCUT2D eigenvalue weighted by molar-refractivity contribution is 7.21. The molecule has 2 aliphatic heterocycles. The first kappa shape index (κ1) is 26.9. The molecule has 0 bridgehead atoms. The number of carbonyl (C=O) groups is 4. The number of hydrogen-bond acceptors (Lipinski definition) is 7. The van der Waals surface area contributed by atoms with Gasteiger partial charge in [-0.3, -0.25) is 29.0 Å². The van der Waals surface area contributed by atoms with E-state index in [2.05, 4.69) is 38.1 Å². The lowest BCUT2D eigenvalue weighted by atomic mass is 9.63. The first-order valence-corrected chi connectivity index (χ1v) is 18.7. The van der Waals surface area contributed by atoms with Crippen molar-refractivity contribution < 1.29 is 19.2 Å². The Labute approximate surface area is 289 Å². The quantitative estimate of drug-likeness (QED) is 0.179. The van der Waals surface area contributed by atoms with Crippen molar-refractivity contribution >= 4 is 117 Å². The first-order chi connectivity index (χ1) is 23.6. The summed E-state index contributed by atoms with van der Waals surface area (Å²) in [6.45, 7) is 4.20. The third-order valence-corrected chi connectivity index (χ3v) is 15.0. The van der Waals surface area contributed by atoms with E-state index in [1.54, 1.807) is 48.1 Å². The van der Waals surface area contributed by atoms with E-state index in [0.29, 0.717) is 28.7 Å². The highest BCUT2D eigenvalue weighted by atomic mass is 32.1. The maximum absolute atomic E-state index is 14.1. The third kappa shape index (κ3) is 2.83. The topological polar surface area (TPSA) is 74.8 Å². The molecule has 9 heteroatoms. The molecule has 3 aromatic heterocycles. The van der Waals surface area contributed by atoms with Crippen molar-refractivity contribution in [3.05, 3.63) is 94.7 Å². The summed E-state index contributed by atoms with van der Waals surface area (Å²) < 4.78 is 2.17. The van der Waals surface area contributed by atoms with Crippen molar-refractivity contribution in [3.63, 3.8) is 0 Å². The van der Waals surface area contributed by atoms with Crippen molar-refractivity contribution in [2.24, 2.45) is 0 Å². The molecule has 0 saturated carbocycles. The molecule has 4 aliphatic carbocycles. The Balaban J connectivity index is 1.44. The molecule has 0 radical (unpaired) electrons. The minimum absolute atomic E-state index is 0.241. The number of likely N-dealkylation sites (N-methyl/N-ethyl adjacent to an activating group) is 1. The Kier molecular flexibility index (Phi) is 4.53. The van der Waals surface area contributed by atoms with Gasteiger partial charge < -0.3 is 0 Å². The number of nitrogens with zero attached hydrogens (tertiary/aromatic N) is 2. The molecule has 5 heterocycles. The zero-order chi connectivity index (χ0) is 33.1. The van der Waals surface area contributed by atoms with E-state index in [9.17, 15) is 19.2 Å². The van der Waals surface area contributed by atoms with Crippen LogP contribution >= 0.6 is 34.0 Å². The average Bonchev–Trinajstić information content (AvgIpc) is 3.84. The van der Waals surface area contributed by atoms with Gasteiger partial charge in [0.15, 0.2) is 0 Å². The summed E-state index contributed by atoms with van der Waals surface area (Å²) in [6, 6.07) is 12.8. The van der Waals surface area contributed by atoms with Crippen LogP contribution in [-0.2, 0) is 9.59 Å². The van der Waals surface area contributed by atoms with Gasteiger partial charge in [-0.15, -0.1) is 34.0 Å². The molecule has 234 valence electrons. The molecule has 3 aromatic carbocycles. The average molecular weight is 691 g/mol. The highest BCUT2D eigenvalue weighted by Gasteiger charge is 2.47. The molecule has 1 atom stereocenters. The van der Waals surface area contributed by atoms with Crippen molar-refractivity contribution in [3.8, 4) is 9.75 Å². The van der Waals surface area contributed by atoms with E-state index in [1.807, 2.05) is 18.2 Å². The van der Waals surface area contributed by atoms with Gasteiger partial charge in [-0.2, -0.15) is 0 Å². The Hall–Kier alpha value is -4.96. The Bertz CT molecular complexity index is 3170. The fraction of sp³-hybridized carbons (Fsp3) is 0.150. The van der Waals surface area contributed by atoms with Crippen LogP contribution in [0.15, 0.2) is 42.5 Å². The normalized spacial score (nSPS) is 19.6. The number of benzene rings is 3. The molecule has 49 heavy (non-hydrogen) atoms. The van der Waals surface area contributed by atoms with Crippen LogP contribution in [-0.4, -0.2) is 47.5 Å². The second-order valence-corrected chi connectivity index (χ2v) is 17.5. The number of hydrogen-bond donors (Lipinski definition) is 0. The van der Waals surface area contributed by atoms with Gasteiger partial charge >= 0.3 is 0 Å². The van der Waals surface area contributed by atoms with Crippen molar-refractivity contribution in [1.29, 1.82) is 0 Å². The lowest BCUT2D eigenvalue weighted by Gasteiger charge is -2.41. The molecule has 0 fully saturated rings. The Morgan fingerprint density at radius 1 is 0.694 bits per heavy atom. The molecule has 0 N–H and O–H groups in total. The van der Waals surface area contributed by atoms with E-state index < -0.39 is 0 Å². The van der Waals surface area contributed by atoms with E-state index in [1.165, 1.54) is 19.6 Å². The van der Waals surface area contributed by atoms with Crippen LogP contribution in [0.1, 0.15) is 53.9 Å². The van der Waals surface area contributed by atoms with Crippen LogP contribution in [0.3, 0.4) is 0 Å². The Morgan fingerprint density at radius 3 is 2.27 bits per heavy atom. The van der Waals surface area contributed by atoms with Crippen LogP contribution in [0, 0.1) is 13.8 Å². The number of imide groups is 2. The number of allylic oxidation sites excluding steroid dienone is 1. The van der Waals surface area contributed by atoms with Crippen molar-refractivity contribution in [1.82, 2.24) is 9.80 Å². The lowest BCUT2D eigenvalue weighted by Crippen LogP contribution is -2.53. The van der Waals surface area contributed by atoms with Gasteiger partial charge in [0.1, 0.15) is 0 Å². The monoisotopic (exact) mass is 690 g/mol. The van der Waals surface area contributed by atoms with Crippen LogP contribution < -0.4 is 20.2 Å². The Morgan fingerprint density at radius 2 is 1.47 bits per heavy atom. The molecular formula is C40H22N2O4S3. The summed E-state index contributed by atoms with van der Waals surface area (Å²) in [6.07, 6.45) is 2.46. The van der Waals surface area contributed by atoms with Gasteiger partial charge in [0.2, 0.25) is 0 Å². The number of amides is 4. The van der Waals surface area contributed by atoms with Crippen LogP contribution in [0.2, 0.25) is 0 Å². The molecule has 1 unspecified atom stereocenters. The fourth-order valence-electron chi connectivity index (χ4n) is 9.55. The van der Waals surface area contributed by atoms with E-state index in [4.69, 9.17) is 0 Å². The van der Waals surface area contributed by atoms with Crippen LogP contribution in [0.25, 0.3) is 69.3 Å². The number of thiophene rings is 3. The van der Waals surface area contributed by atoms with Gasteiger partial charge in [-0.25, -0.2) is 0 Å². The molecule has 6 aromatic rings. The van der Waals surface area contributed by atoms with Gasteiger partial charge in [0.05, 0.1) is 0 Å². The van der Waals surface area contributed by atoms with E-state index in [-0.39, 0.29) is 29.5 Å². The molecule has 4 amide bonds. The second-order valence-electron chi connectivity index (χ2n) is 13.9. The van der Waals surface area contributed by atoms with E-state index in [0.717, 1.165) is 89.4 Å². The minimum Gasteiger partial charge on any atom is -0.278 e. The van der Waals surface area contributed by atoms with Gasteiger partial charge in [-0.1, -0.05) is 0 Å². The van der Waals surface area contributed by atoms with Crippen LogP contribution in [0.5, 0.6) is 0 Å². The van der Waals surface area contributed by atoms with Gasteiger partial charge in [0, 0.05) is 99.0 Å². The minimum atomic E-state index is -0.288. The number of fused-ring (bicyclic) bond motifs is 4. The molecular weight excluding hydrogens is 669 g/mol. The molecule has 0 saturated heterocycles. The summed E-state index contributed by atoms with van der Waals surface area (Å²) in [5, 5.41) is 7.93. The summed E-state index contributed by atoms with van der Waals surface area (Å²) in [4.78, 5) is 63.4. The third-order valence-electron chi connectivity index (χ3n) is 11.5. The summed E-state index contributed by atoms with van der Waals surface area (Å²) in [5.41, 5.74) is 7.41. The standard InChI is InChI=1S/C40H22N2O4S3/c1-13-5-6-25(47-13)26-12-18-16-9-22-28-23(39(45)42(4)38(22)44)10-19-31-29-15(17-7-14(2)48-35(17)19)8-21-27-24(40(46)41(3)37(21)43)11-20(36(18)49-26)32(33(27)29)30(16)34(28)31/h5-8,10-12,32H,9H2,1-4H3. The van der Waals surface area contributed by atoms with Crippen molar-refractivity contribution in [2.75, 3.05) is 14.1 Å². The van der Waals surface area contributed by atoms with Crippen LogP contribution in [0.4, 0.5) is 0 Å². The summed E-state index contributed by atoms with van der Waals surface area (Å²) in [7, 11) is 3.17. The predicted molar refractivity (Wildman–Crippen MR) is 196 cm³/mol. The summed E-state index contributed by atoms with van der Waals surface area (Å²) >= 11 is 5.19. The summed E-state index contributed by atoms with van der Waals surface area (Å²) in [5.74, 6) is -1.34. The van der Waals surface area contributed by atoms with Gasteiger partial charge in [-0.05, 0) is 105 Å². The molecule has 12 rings (SSSR count). The number of rotatable bonds is 1. The van der Waals surface area contributed by atoms with Gasteiger partial charge in [0.25, 0.3) is 23.6 Å². The molecule has 0 spiro atoms. The zero-order valence-electron chi connectivity index (χ0n) is 26.6. The first-order valence-electron chi connectivity index (χ1n) is 16.2. The largest absolute Gasteiger partial charge is 0.278 e. The number of aryl methyl sites for hydroxylation is 2. The second kappa shape index (κ2) is 8.25. The molecule has 6 nitrogen and oxygen atoms in total. The molecule has 6 aliphatic rings. The van der Waals surface area contributed by atoms with Crippen molar-refractivity contribution in [2.45, 2.75) is 26.2 Å². The van der Waals surface area contributed by atoms with E-state index >= 15 is 0 Å². The number of carbonyl (C=O) groups excluding carboxylic acids is 4. The maximum Gasteiger partial charge on any atom is 0.261 e.